The molecule has 0 fully saturated rings. The number of primary amides is 1. The number of benzene rings is 2. The molecule has 0 heterocycles. The van der Waals surface area contributed by atoms with Crippen LogP contribution in [0.5, 0.6) is 5.75 Å². The molecule has 0 spiro atoms. The molecule has 2 aromatic carbocycles. The fourth-order valence-electron chi connectivity index (χ4n) is 2.57. The molecule has 2 amide bonds. The minimum absolute atomic E-state index is 0.184. The first-order valence-corrected chi connectivity index (χ1v) is 7.99. The van der Waals surface area contributed by atoms with E-state index in [0.717, 1.165) is 5.69 Å². The number of nitrogens with two attached hydrogens (primary N) is 1. The molecule has 0 aliphatic rings. The topological polar surface area (TPSA) is 93.4 Å². The van der Waals surface area contributed by atoms with Crippen LogP contribution in [0.2, 0.25) is 0 Å². The Balaban J connectivity index is 1.95. The summed E-state index contributed by atoms with van der Waals surface area (Å²) in [5.74, 6) is -0.271. The van der Waals surface area contributed by atoms with Crippen molar-refractivity contribution >= 4 is 23.2 Å². The number of methoxy groups -OCH3 is 1. The third kappa shape index (κ3) is 5.24. The van der Waals surface area contributed by atoms with Gasteiger partial charge in [0.15, 0.2) is 0 Å². The highest BCUT2D eigenvalue weighted by atomic mass is 16.5. The van der Waals surface area contributed by atoms with E-state index in [1.165, 1.54) is 24.3 Å². The van der Waals surface area contributed by atoms with Gasteiger partial charge in [-0.1, -0.05) is 6.07 Å². The summed E-state index contributed by atoms with van der Waals surface area (Å²) < 4.78 is 5.20. The minimum atomic E-state index is -0.561. The average Bonchev–Trinajstić information content (AvgIpc) is 2.53. The molecule has 0 bridgehead atoms. The van der Waals surface area contributed by atoms with Crippen molar-refractivity contribution < 1.29 is 14.3 Å². The molecule has 25 heavy (non-hydrogen) atoms. The summed E-state index contributed by atoms with van der Waals surface area (Å²) >= 11 is 0. The van der Waals surface area contributed by atoms with Gasteiger partial charge in [0.2, 0.25) is 11.8 Å². The highest BCUT2D eigenvalue weighted by Gasteiger charge is 2.11. The van der Waals surface area contributed by atoms with Crippen molar-refractivity contribution in [2.45, 2.75) is 20.3 Å². The highest BCUT2D eigenvalue weighted by molar-refractivity contribution is 5.97. The second-order valence-electron chi connectivity index (χ2n) is 5.88. The quantitative estimate of drug-likeness (QED) is 0.722. The van der Waals surface area contributed by atoms with Gasteiger partial charge in [-0.15, -0.1) is 0 Å². The molecular formula is C19H23N3O3. The molecule has 0 aliphatic heterocycles. The monoisotopic (exact) mass is 341 g/mol. The number of anilines is 2. The predicted molar refractivity (Wildman–Crippen MR) is 99.2 cm³/mol. The lowest BCUT2D eigenvalue weighted by atomic mass is 10.1. The Morgan fingerprint density at radius 1 is 1.08 bits per heavy atom. The van der Waals surface area contributed by atoms with Crippen LogP contribution in [0.4, 0.5) is 11.4 Å². The summed E-state index contributed by atoms with van der Waals surface area (Å²) in [5.41, 5.74) is 9.33. The third-order valence-corrected chi connectivity index (χ3v) is 3.66. The number of amides is 2. The molecule has 0 saturated carbocycles. The number of hydrogen-bond donors (Lipinski definition) is 3. The summed E-state index contributed by atoms with van der Waals surface area (Å²) in [7, 11) is 1.50. The number of carbonyl (C=O) groups is 2. The van der Waals surface area contributed by atoms with E-state index in [4.69, 9.17) is 10.5 Å². The van der Waals surface area contributed by atoms with Gasteiger partial charge in [-0.25, -0.2) is 0 Å². The second kappa shape index (κ2) is 8.19. The van der Waals surface area contributed by atoms with Crippen molar-refractivity contribution in [2.75, 3.05) is 24.3 Å². The van der Waals surface area contributed by atoms with Gasteiger partial charge in [-0.05, 0) is 55.3 Å². The van der Waals surface area contributed by atoms with Gasteiger partial charge in [-0.2, -0.15) is 0 Å². The van der Waals surface area contributed by atoms with Crippen LogP contribution >= 0.6 is 0 Å². The summed E-state index contributed by atoms with van der Waals surface area (Å²) in [6, 6.07) is 10.8. The molecule has 2 rings (SSSR count). The van der Waals surface area contributed by atoms with Crippen molar-refractivity contribution in [2.24, 2.45) is 5.73 Å². The van der Waals surface area contributed by atoms with E-state index in [0.29, 0.717) is 23.5 Å². The summed E-state index contributed by atoms with van der Waals surface area (Å²) in [6.07, 6.45) is 0.275. The van der Waals surface area contributed by atoms with Gasteiger partial charge in [0.05, 0.1) is 12.8 Å². The lowest BCUT2D eigenvalue weighted by molar-refractivity contribution is -0.116. The number of aryl methyl sites for hydroxylation is 2. The maximum absolute atomic E-state index is 12.2. The number of nitrogens with one attached hydrogen (secondary N) is 2. The molecule has 0 radical (unpaired) electrons. The minimum Gasteiger partial charge on any atom is -0.495 e. The van der Waals surface area contributed by atoms with Gasteiger partial charge in [0, 0.05) is 24.2 Å². The first-order valence-electron chi connectivity index (χ1n) is 7.99. The maximum atomic E-state index is 12.2. The largest absolute Gasteiger partial charge is 0.495 e. The lowest BCUT2D eigenvalue weighted by Gasteiger charge is -2.12. The molecule has 0 aliphatic carbocycles. The summed E-state index contributed by atoms with van der Waals surface area (Å²) in [4.78, 5) is 23.4. The van der Waals surface area contributed by atoms with Crippen LogP contribution in [0, 0.1) is 13.8 Å². The van der Waals surface area contributed by atoms with Crippen molar-refractivity contribution in [3.63, 3.8) is 0 Å². The fourth-order valence-corrected chi connectivity index (χ4v) is 2.57. The number of rotatable bonds is 7. The Morgan fingerprint density at radius 3 is 2.36 bits per heavy atom. The van der Waals surface area contributed by atoms with E-state index in [-0.39, 0.29) is 12.3 Å². The number of hydrogen-bond acceptors (Lipinski definition) is 4. The summed E-state index contributed by atoms with van der Waals surface area (Å²) in [5, 5.41) is 5.99. The number of carbonyl (C=O) groups excluding carboxylic acids is 2. The molecule has 132 valence electrons. The van der Waals surface area contributed by atoms with Crippen LogP contribution in [0.25, 0.3) is 0 Å². The molecule has 4 N–H and O–H groups in total. The second-order valence-corrected chi connectivity index (χ2v) is 5.88. The Hall–Kier alpha value is -3.02. The van der Waals surface area contributed by atoms with Crippen LogP contribution in [0.3, 0.4) is 0 Å². The Morgan fingerprint density at radius 2 is 1.76 bits per heavy atom. The molecule has 6 heteroatoms. The Labute approximate surface area is 147 Å². The smallest absolute Gasteiger partial charge is 0.248 e. The predicted octanol–water partition coefficient (Wildman–Crippen LogP) is 2.85. The van der Waals surface area contributed by atoms with Crippen LogP contribution < -0.4 is 21.1 Å². The number of ether oxygens (including phenoxy) is 1. The van der Waals surface area contributed by atoms with E-state index in [1.807, 2.05) is 26.0 Å². The third-order valence-electron chi connectivity index (χ3n) is 3.66. The van der Waals surface area contributed by atoms with Gasteiger partial charge in [-0.3, -0.25) is 9.59 Å². The molecule has 0 aromatic heterocycles. The normalized spacial score (nSPS) is 10.2. The van der Waals surface area contributed by atoms with E-state index < -0.39 is 5.91 Å². The van der Waals surface area contributed by atoms with Gasteiger partial charge in [0.25, 0.3) is 0 Å². The molecule has 0 atom stereocenters. The molecule has 2 aromatic rings. The zero-order chi connectivity index (χ0) is 18.4. The first-order chi connectivity index (χ1) is 11.9. The van der Waals surface area contributed by atoms with Gasteiger partial charge < -0.3 is 21.1 Å². The molecule has 6 nitrogen and oxygen atoms in total. The zero-order valence-electron chi connectivity index (χ0n) is 14.7. The van der Waals surface area contributed by atoms with E-state index in [2.05, 4.69) is 16.7 Å². The van der Waals surface area contributed by atoms with Gasteiger partial charge >= 0.3 is 0 Å². The standard InChI is InChI=1S/C19H23N3O3/c1-12-8-13(2)10-15(9-12)21-7-6-18(23)22-16-11-14(19(20)24)4-5-17(16)25-3/h4-5,8-11,21H,6-7H2,1-3H3,(H2,20,24)(H,22,23). The Kier molecular flexibility index (Phi) is 6.00. The van der Waals surface area contributed by atoms with Crippen LogP contribution in [0.15, 0.2) is 36.4 Å². The molecule has 0 unspecified atom stereocenters. The van der Waals surface area contributed by atoms with Crippen molar-refractivity contribution in [1.82, 2.24) is 0 Å². The van der Waals surface area contributed by atoms with Crippen LogP contribution in [-0.4, -0.2) is 25.5 Å². The first kappa shape index (κ1) is 18.3. The van der Waals surface area contributed by atoms with Crippen LogP contribution in [0.1, 0.15) is 27.9 Å². The molecular weight excluding hydrogens is 318 g/mol. The van der Waals surface area contributed by atoms with E-state index in [1.54, 1.807) is 12.1 Å². The highest BCUT2D eigenvalue weighted by Crippen LogP contribution is 2.25. The van der Waals surface area contributed by atoms with Crippen LogP contribution in [-0.2, 0) is 4.79 Å². The van der Waals surface area contributed by atoms with Gasteiger partial charge in [0.1, 0.15) is 5.75 Å². The fraction of sp³-hybridized carbons (Fsp3) is 0.263. The average molecular weight is 341 g/mol. The SMILES string of the molecule is COc1ccc(C(N)=O)cc1NC(=O)CCNc1cc(C)cc(C)c1. The Bertz CT molecular complexity index is 767. The molecule has 0 saturated heterocycles. The van der Waals surface area contributed by atoms with E-state index >= 15 is 0 Å². The van der Waals surface area contributed by atoms with Crippen molar-refractivity contribution in [3.8, 4) is 5.75 Å². The maximum Gasteiger partial charge on any atom is 0.248 e. The van der Waals surface area contributed by atoms with Crippen molar-refractivity contribution in [1.29, 1.82) is 0 Å². The lowest BCUT2D eigenvalue weighted by Crippen LogP contribution is -2.18. The van der Waals surface area contributed by atoms with Crippen molar-refractivity contribution in [3.05, 3.63) is 53.1 Å². The summed E-state index contributed by atoms with van der Waals surface area (Å²) in [6.45, 7) is 4.55. The zero-order valence-corrected chi connectivity index (χ0v) is 14.7. The van der Waals surface area contributed by atoms with E-state index in [9.17, 15) is 9.59 Å².